The summed E-state index contributed by atoms with van der Waals surface area (Å²) in [6.45, 7) is 1.21. The molecule has 5 heteroatoms. The van der Waals surface area contributed by atoms with Gasteiger partial charge in [0, 0.05) is 13.2 Å². The minimum atomic E-state index is -0.274. The van der Waals surface area contributed by atoms with Crippen molar-refractivity contribution < 1.29 is 13.9 Å². The topological polar surface area (TPSA) is 54.7 Å². The third kappa shape index (κ3) is 3.11. The normalized spacial score (nSPS) is 21.2. The second-order valence-corrected chi connectivity index (χ2v) is 4.74. The van der Waals surface area contributed by atoms with Crippen molar-refractivity contribution in [2.45, 2.75) is 25.0 Å². The molecule has 0 aliphatic carbocycles. The number of hydrogen-bond acceptors (Lipinski definition) is 4. The van der Waals surface area contributed by atoms with E-state index in [0.29, 0.717) is 13.2 Å². The average molecular weight is 252 g/mol. The molecule has 2 atom stereocenters. The van der Waals surface area contributed by atoms with Crippen LogP contribution in [-0.2, 0) is 9.53 Å². The van der Waals surface area contributed by atoms with Crippen molar-refractivity contribution in [2.75, 3.05) is 27.2 Å². The van der Waals surface area contributed by atoms with Crippen LogP contribution in [0, 0.1) is 0 Å². The second kappa shape index (κ2) is 6.02. The summed E-state index contributed by atoms with van der Waals surface area (Å²) in [5.41, 5.74) is 0. The Morgan fingerprint density at radius 1 is 1.61 bits per heavy atom. The van der Waals surface area contributed by atoms with Crippen molar-refractivity contribution in [2.24, 2.45) is 0 Å². The van der Waals surface area contributed by atoms with Crippen LogP contribution in [0.2, 0.25) is 0 Å². The summed E-state index contributed by atoms with van der Waals surface area (Å²) >= 11 is 0. The third-order valence-electron chi connectivity index (χ3n) is 3.19. The molecule has 2 rings (SSSR count). The van der Waals surface area contributed by atoms with Crippen LogP contribution in [0.15, 0.2) is 22.8 Å². The minimum absolute atomic E-state index is 0.0223. The van der Waals surface area contributed by atoms with Crippen molar-refractivity contribution >= 4 is 5.91 Å². The van der Waals surface area contributed by atoms with Gasteiger partial charge in [0.1, 0.15) is 11.9 Å². The van der Waals surface area contributed by atoms with E-state index in [2.05, 4.69) is 5.32 Å². The molecule has 1 aliphatic rings. The zero-order valence-electron chi connectivity index (χ0n) is 10.9. The van der Waals surface area contributed by atoms with Crippen LogP contribution in [-0.4, -0.2) is 44.2 Å². The lowest BCUT2D eigenvalue weighted by Crippen LogP contribution is -2.39. The third-order valence-corrected chi connectivity index (χ3v) is 3.19. The summed E-state index contributed by atoms with van der Waals surface area (Å²) in [5, 5.41) is 2.93. The first-order valence-corrected chi connectivity index (χ1v) is 6.27. The van der Waals surface area contributed by atoms with E-state index < -0.39 is 0 Å². The van der Waals surface area contributed by atoms with Crippen LogP contribution in [0.1, 0.15) is 24.6 Å². The minimum Gasteiger partial charge on any atom is -0.468 e. The van der Waals surface area contributed by atoms with Crippen molar-refractivity contribution in [3.8, 4) is 0 Å². The number of rotatable bonds is 5. The molecule has 1 amide bonds. The van der Waals surface area contributed by atoms with Gasteiger partial charge in [-0.05, 0) is 39.1 Å². The number of ether oxygens (including phenoxy) is 1. The highest BCUT2D eigenvalue weighted by molar-refractivity contribution is 5.80. The summed E-state index contributed by atoms with van der Waals surface area (Å²) in [7, 11) is 3.93. The molecule has 5 nitrogen and oxygen atoms in total. The zero-order chi connectivity index (χ0) is 13.0. The monoisotopic (exact) mass is 252 g/mol. The van der Waals surface area contributed by atoms with Gasteiger partial charge < -0.3 is 14.5 Å². The number of amides is 1. The number of furan rings is 1. The summed E-state index contributed by atoms with van der Waals surface area (Å²) in [4.78, 5) is 13.9. The average Bonchev–Trinajstić information content (AvgIpc) is 3.01. The van der Waals surface area contributed by atoms with Gasteiger partial charge in [0.05, 0.1) is 12.3 Å². The molecule has 1 aliphatic heterocycles. The Balaban J connectivity index is 1.88. The number of likely N-dealkylation sites (N-methyl/N-ethyl adjacent to an activating group) is 1. The van der Waals surface area contributed by atoms with E-state index in [-0.39, 0.29) is 18.1 Å². The quantitative estimate of drug-likeness (QED) is 0.855. The van der Waals surface area contributed by atoms with Gasteiger partial charge in [-0.15, -0.1) is 0 Å². The Morgan fingerprint density at radius 2 is 2.44 bits per heavy atom. The molecular formula is C13H20N2O3. The standard InChI is InChI=1S/C13H20N2O3/c1-15(2)10(11-5-3-7-17-11)9-14-13(16)12-6-4-8-18-12/h3,5,7,10,12H,4,6,8-9H2,1-2H3,(H,14,16)/t10-,12+/m1/s1. The van der Waals surface area contributed by atoms with E-state index in [1.165, 1.54) is 0 Å². The molecule has 0 aromatic carbocycles. The number of carbonyl (C=O) groups is 1. The largest absolute Gasteiger partial charge is 0.468 e. The number of carbonyl (C=O) groups excluding carboxylic acids is 1. The Hall–Kier alpha value is -1.33. The first kappa shape index (κ1) is 13.1. The molecule has 1 N–H and O–H groups in total. The van der Waals surface area contributed by atoms with E-state index in [4.69, 9.17) is 9.15 Å². The molecular weight excluding hydrogens is 232 g/mol. The predicted octanol–water partition coefficient (Wildman–Crippen LogP) is 1.18. The van der Waals surface area contributed by atoms with Gasteiger partial charge >= 0.3 is 0 Å². The molecule has 0 spiro atoms. The molecule has 1 saturated heterocycles. The lowest BCUT2D eigenvalue weighted by Gasteiger charge is -2.23. The van der Waals surface area contributed by atoms with Crippen molar-refractivity contribution in [3.05, 3.63) is 24.2 Å². The molecule has 2 heterocycles. The summed E-state index contributed by atoms with van der Waals surface area (Å²) in [6, 6.07) is 3.82. The molecule has 1 aromatic rings. The molecule has 1 fully saturated rings. The van der Waals surface area contributed by atoms with E-state index in [1.54, 1.807) is 6.26 Å². The van der Waals surface area contributed by atoms with Crippen LogP contribution in [0.3, 0.4) is 0 Å². The van der Waals surface area contributed by atoms with E-state index in [0.717, 1.165) is 18.6 Å². The fourth-order valence-corrected chi connectivity index (χ4v) is 2.11. The Morgan fingerprint density at radius 3 is 3.00 bits per heavy atom. The van der Waals surface area contributed by atoms with Gasteiger partial charge in [-0.3, -0.25) is 9.69 Å². The van der Waals surface area contributed by atoms with Gasteiger partial charge in [0.15, 0.2) is 0 Å². The zero-order valence-corrected chi connectivity index (χ0v) is 10.9. The molecule has 0 saturated carbocycles. The fourth-order valence-electron chi connectivity index (χ4n) is 2.11. The smallest absolute Gasteiger partial charge is 0.249 e. The van der Waals surface area contributed by atoms with Crippen molar-refractivity contribution in [1.82, 2.24) is 10.2 Å². The predicted molar refractivity (Wildman–Crippen MR) is 67.1 cm³/mol. The highest BCUT2D eigenvalue weighted by Crippen LogP contribution is 2.18. The molecule has 0 unspecified atom stereocenters. The molecule has 1 aromatic heterocycles. The van der Waals surface area contributed by atoms with Crippen LogP contribution in [0.5, 0.6) is 0 Å². The van der Waals surface area contributed by atoms with Crippen LogP contribution in [0.25, 0.3) is 0 Å². The van der Waals surface area contributed by atoms with Gasteiger partial charge in [-0.2, -0.15) is 0 Å². The maximum atomic E-state index is 11.9. The highest BCUT2D eigenvalue weighted by atomic mass is 16.5. The SMILES string of the molecule is CN(C)[C@H](CNC(=O)[C@@H]1CCCO1)c1ccco1. The molecule has 0 bridgehead atoms. The van der Waals surface area contributed by atoms with Gasteiger partial charge in [0.25, 0.3) is 0 Å². The van der Waals surface area contributed by atoms with Gasteiger partial charge in [0.2, 0.25) is 5.91 Å². The molecule has 100 valence electrons. The Kier molecular flexibility index (Phi) is 4.38. The number of nitrogens with zero attached hydrogens (tertiary/aromatic N) is 1. The van der Waals surface area contributed by atoms with E-state index in [9.17, 15) is 4.79 Å². The maximum absolute atomic E-state index is 11.9. The van der Waals surface area contributed by atoms with Crippen molar-refractivity contribution in [1.29, 1.82) is 0 Å². The first-order valence-electron chi connectivity index (χ1n) is 6.27. The van der Waals surface area contributed by atoms with Crippen LogP contribution in [0.4, 0.5) is 0 Å². The molecule has 0 radical (unpaired) electrons. The van der Waals surface area contributed by atoms with E-state index in [1.807, 2.05) is 31.1 Å². The van der Waals surface area contributed by atoms with E-state index >= 15 is 0 Å². The summed E-state index contributed by atoms with van der Waals surface area (Å²) in [6.07, 6.45) is 3.16. The van der Waals surface area contributed by atoms with Crippen LogP contribution < -0.4 is 5.32 Å². The number of hydrogen-bond donors (Lipinski definition) is 1. The summed E-state index contributed by atoms with van der Waals surface area (Å²) in [5.74, 6) is 0.832. The number of nitrogens with one attached hydrogen (secondary N) is 1. The summed E-state index contributed by atoms with van der Waals surface area (Å²) < 4.78 is 10.7. The molecule has 18 heavy (non-hydrogen) atoms. The first-order chi connectivity index (χ1) is 8.68. The second-order valence-electron chi connectivity index (χ2n) is 4.74. The van der Waals surface area contributed by atoms with Gasteiger partial charge in [-0.1, -0.05) is 0 Å². The van der Waals surface area contributed by atoms with Crippen molar-refractivity contribution in [3.63, 3.8) is 0 Å². The Bertz CT molecular complexity index is 370. The maximum Gasteiger partial charge on any atom is 0.249 e. The highest BCUT2D eigenvalue weighted by Gasteiger charge is 2.25. The lowest BCUT2D eigenvalue weighted by molar-refractivity contribution is -0.130. The Labute approximate surface area is 107 Å². The lowest BCUT2D eigenvalue weighted by atomic mass is 10.2. The van der Waals surface area contributed by atoms with Crippen LogP contribution >= 0.6 is 0 Å². The fraction of sp³-hybridized carbons (Fsp3) is 0.615. The van der Waals surface area contributed by atoms with Gasteiger partial charge in [-0.25, -0.2) is 0 Å².